The van der Waals surface area contributed by atoms with E-state index >= 15 is 0 Å². The van der Waals surface area contributed by atoms with Crippen molar-refractivity contribution in [1.29, 1.82) is 0 Å². The van der Waals surface area contributed by atoms with E-state index in [1.165, 1.54) is 0 Å². The molecule has 0 radical (unpaired) electrons. The third-order valence-electron chi connectivity index (χ3n) is 2.84. The van der Waals surface area contributed by atoms with Gasteiger partial charge >= 0.3 is 0 Å². The molecule has 0 spiro atoms. The van der Waals surface area contributed by atoms with Gasteiger partial charge in [0.05, 0.1) is 5.25 Å². The van der Waals surface area contributed by atoms with E-state index in [0.717, 1.165) is 10.5 Å². The van der Waals surface area contributed by atoms with E-state index in [-0.39, 0.29) is 11.2 Å². The highest BCUT2D eigenvalue weighted by Gasteiger charge is 2.14. The maximum Gasteiger partial charge on any atom is 0.233 e. The molecular weight excluding hydrogens is 290 g/mol. The van der Waals surface area contributed by atoms with Gasteiger partial charge in [0.2, 0.25) is 5.91 Å². The Morgan fingerprint density at radius 2 is 1.80 bits per heavy atom. The van der Waals surface area contributed by atoms with E-state index in [9.17, 15) is 4.79 Å². The highest BCUT2D eigenvalue weighted by Crippen LogP contribution is 2.23. The number of nitrogens with one attached hydrogen (secondary N) is 1. The number of hydrogen-bond donors (Lipinski definition) is 1. The van der Waals surface area contributed by atoms with Crippen molar-refractivity contribution in [2.75, 3.05) is 0 Å². The first-order chi connectivity index (χ1) is 9.66. The average Bonchev–Trinajstić information content (AvgIpc) is 2.47. The summed E-state index contributed by atoms with van der Waals surface area (Å²) in [5.41, 5.74) is 0.930. The monoisotopic (exact) mass is 305 g/mol. The second-order valence-corrected chi connectivity index (χ2v) is 6.20. The minimum Gasteiger partial charge on any atom is -0.351 e. The van der Waals surface area contributed by atoms with Crippen LogP contribution in [0.1, 0.15) is 12.5 Å². The molecule has 2 rings (SSSR count). The van der Waals surface area contributed by atoms with Crippen LogP contribution in [0.2, 0.25) is 5.02 Å². The highest BCUT2D eigenvalue weighted by atomic mass is 35.5. The Labute approximate surface area is 128 Å². The van der Waals surface area contributed by atoms with Crippen molar-refractivity contribution < 1.29 is 4.79 Å². The Balaban J connectivity index is 1.87. The van der Waals surface area contributed by atoms with Crippen LogP contribution in [-0.2, 0) is 11.3 Å². The number of hydrogen-bond acceptors (Lipinski definition) is 2. The van der Waals surface area contributed by atoms with Gasteiger partial charge in [-0.2, -0.15) is 0 Å². The molecule has 0 aliphatic carbocycles. The fourth-order valence-electron chi connectivity index (χ4n) is 1.72. The number of thioether (sulfide) groups is 1. The summed E-state index contributed by atoms with van der Waals surface area (Å²) in [7, 11) is 0. The average molecular weight is 306 g/mol. The van der Waals surface area contributed by atoms with E-state index in [1.54, 1.807) is 11.8 Å². The molecule has 2 nitrogen and oxygen atoms in total. The molecule has 0 aromatic heterocycles. The maximum atomic E-state index is 12.1. The number of halogens is 1. The van der Waals surface area contributed by atoms with E-state index in [1.807, 2.05) is 61.5 Å². The Morgan fingerprint density at radius 3 is 2.50 bits per heavy atom. The van der Waals surface area contributed by atoms with Crippen LogP contribution in [0.15, 0.2) is 59.5 Å². The molecule has 0 heterocycles. The molecule has 0 unspecified atom stereocenters. The standard InChI is InChI=1S/C16H16ClNOS/c1-12(20-14-8-3-2-4-9-14)16(19)18-11-13-7-5-6-10-15(13)17/h2-10,12H,11H2,1H3,(H,18,19)/t12-/m1/s1. The minimum absolute atomic E-state index is 0.0128. The molecule has 0 saturated heterocycles. The molecule has 0 aliphatic rings. The summed E-state index contributed by atoms with van der Waals surface area (Å²) in [4.78, 5) is 13.1. The summed E-state index contributed by atoms with van der Waals surface area (Å²) >= 11 is 7.61. The van der Waals surface area contributed by atoms with Gasteiger partial charge in [-0.1, -0.05) is 48.0 Å². The second-order valence-electron chi connectivity index (χ2n) is 4.38. The normalized spacial score (nSPS) is 11.9. The third kappa shape index (κ3) is 4.29. The van der Waals surface area contributed by atoms with Crippen molar-refractivity contribution in [2.45, 2.75) is 23.6 Å². The Bertz CT molecular complexity index is 574. The summed E-state index contributed by atoms with van der Waals surface area (Å²) in [5, 5.41) is 3.45. The van der Waals surface area contributed by atoms with Gasteiger partial charge in [-0.15, -0.1) is 11.8 Å². The predicted molar refractivity (Wildman–Crippen MR) is 85.1 cm³/mol. The third-order valence-corrected chi connectivity index (χ3v) is 4.32. The van der Waals surface area contributed by atoms with Gasteiger partial charge in [-0.3, -0.25) is 4.79 Å². The fraction of sp³-hybridized carbons (Fsp3) is 0.188. The van der Waals surface area contributed by atoms with Crippen molar-refractivity contribution >= 4 is 29.3 Å². The van der Waals surface area contributed by atoms with Gasteiger partial charge in [0.1, 0.15) is 0 Å². The van der Waals surface area contributed by atoms with Gasteiger partial charge in [-0.25, -0.2) is 0 Å². The fourth-order valence-corrected chi connectivity index (χ4v) is 2.84. The number of amides is 1. The Hall–Kier alpha value is -1.45. The molecule has 2 aromatic carbocycles. The lowest BCUT2D eigenvalue weighted by molar-refractivity contribution is -0.120. The molecule has 1 amide bonds. The van der Waals surface area contributed by atoms with Gasteiger partial charge in [0.25, 0.3) is 0 Å². The first-order valence-electron chi connectivity index (χ1n) is 6.39. The number of rotatable bonds is 5. The first kappa shape index (κ1) is 14.9. The van der Waals surface area contributed by atoms with Crippen LogP contribution >= 0.6 is 23.4 Å². The van der Waals surface area contributed by atoms with Crippen molar-refractivity contribution in [2.24, 2.45) is 0 Å². The molecule has 2 aromatic rings. The van der Waals surface area contributed by atoms with Crippen LogP contribution in [-0.4, -0.2) is 11.2 Å². The van der Waals surface area contributed by atoms with Gasteiger partial charge in [0, 0.05) is 16.5 Å². The zero-order valence-corrected chi connectivity index (χ0v) is 12.7. The quantitative estimate of drug-likeness (QED) is 0.841. The summed E-state index contributed by atoms with van der Waals surface area (Å²) in [5.74, 6) is 0.0128. The molecule has 1 atom stereocenters. The largest absolute Gasteiger partial charge is 0.351 e. The van der Waals surface area contributed by atoms with Crippen LogP contribution in [0.3, 0.4) is 0 Å². The summed E-state index contributed by atoms with van der Waals surface area (Å²) in [6, 6.07) is 17.4. The maximum absolute atomic E-state index is 12.1. The van der Waals surface area contributed by atoms with Crippen LogP contribution < -0.4 is 5.32 Å². The summed E-state index contributed by atoms with van der Waals surface area (Å²) in [6.07, 6.45) is 0. The lowest BCUT2D eigenvalue weighted by Gasteiger charge is -2.12. The molecule has 0 bridgehead atoms. The van der Waals surface area contributed by atoms with Crippen LogP contribution in [0.5, 0.6) is 0 Å². The minimum atomic E-state index is -0.139. The van der Waals surface area contributed by atoms with Crippen LogP contribution in [0, 0.1) is 0 Å². The van der Waals surface area contributed by atoms with E-state index in [4.69, 9.17) is 11.6 Å². The molecule has 104 valence electrons. The molecule has 0 fully saturated rings. The highest BCUT2D eigenvalue weighted by molar-refractivity contribution is 8.00. The zero-order valence-electron chi connectivity index (χ0n) is 11.2. The van der Waals surface area contributed by atoms with Crippen molar-refractivity contribution in [3.63, 3.8) is 0 Å². The van der Waals surface area contributed by atoms with Crippen LogP contribution in [0.25, 0.3) is 0 Å². The zero-order chi connectivity index (χ0) is 14.4. The molecule has 0 saturated carbocycles. The lowest BCUT2D eigenvalue weighted by atomic mass is 10.2. The second kappa shape index (κ2) is 7.36. The molecule has 4 heteroatoms. The summed E-state index contributed by atoms with van der Waals surface area (Å²) in [6.45, 7) is 2.36. The summed E-state index contributed by atoms with van der Waals surface area (Å²) < 4.78 is 0. The predicted octanol–water partition coefficient (Wildman–Crippen LogP) is 4.14. The van der Waals surface area contributed by atoms with Crippen molar-refractivity contribution in [3.8, 4) is 0 Å². The molecular formula is C16H16ClNOS. The van der Waals surface area contributed by atoms with Crippen molar-refractivity contribution in [3.05, 3.63) is 65.2 Å². The molecule has 1 N–H and O–H groups in total. The number of carbonyl (C=O) groups excluding carboxylic acids is 1. The molecule has 0 aliphatic heterocycles. The number of carbonyl (C=O) groups is 1. The lowest BCUT2D eigenvalue weighted by Crippen LogP contribution is -2.30. The van der Waals surface area contributed by atoms with Gasteiger partial charge < -0.3 is 5.32 Å². The van der Waals surface area contributed by atoms with E-state index < -0.39 is 0 Å². The topological polar surface area (TPSA) is 29.1 Å². The number of benzene rings is 2. The smallest absolute Gasteiger partial charge is 0.233 e. The SMILES string of the molecule is C[C@@H](Sc1ccccc1)C(=O)NCc1ccccc1Cl. The van der Waals surface area contributed by atoms with E-state index in [2.05, 4.69) is 5.32 Å². The Kier molecular flexibility index (Phi) is 5.50. The van der Waals surface area contributed by atoms with Crippen molar-refractivity contribution in [1.82, 2.24) is 5.32 Å². The Morgan fingerprint density at radius 1 is 1.15 bits per heavy atom. The molecule has 20 heavy (non-hydrogen) atoms. The van der Waals surface area contributed by atoms with E-state index in [0.29, 0.717) is 11.6 Å². The van der Waals surface area contributed by atoms with Gasteiger partial charge in [0.15, 0.2) is 0 Å². The van der Waals surface area contributed by atoms with Gasteiger partial charge in [-0.05, 0) is 30.7 Å². The first-order valence-corrected chi connectivity index (χ1v) is 7.65. The van der Waals surface area contributed by atoms with Crippen LogP contribution in [0.4, 0.5) is 0 Å².